The molecule has 0 radical (unpaired) electrons. The van der Waals surface area contributed by atoms with E-state index in [1.165, 1.54) is 4.90 Å². The van der Waals surface area contributed by atoms with Crippen molar-refractivity contribution in [1.82, 2.24) is 10.3 Å². The van der Waals surface area contributed by atoms with Gasteiger partial charge in [0.25, 0.3) is 5.91 Å². The van der Waals surface area contributed by atoms with Gasteiger partial charge in [-0.15, -0.1) is 0 Å². The minimum absolute atomic E-state index is 0.285. The van der Waals surface area contributed by atoms with Crippen molar-refractivity contribution in [3.8, 4) is 5.75 Å². The van der Waals surface area contributed by atoms with Crippen molar-refractivity contribution < 1.29 is 19.4 Å². The van der Waals surface area contributed by atoms with E-state index in [1.54, 1.807) is 18.2 Å². The maximum atomic E-state index is 11.8. The summed E-state index contributed by atoms with van der Waals surface area (Å²) in [5, 5.41) is 10.1. The van der Waals surface area contributed by atoms with Crippen molar-refractivity contribution in [3.05, 3.63) is 64.2 Å². The molecule has 0 saturated carbocycles. The molecule has 1 aliphatic rings. The number of carbonyl (C=O) groups is 2. The lowest BCUT2D eigenvalue weighted by atomic mass is 9.88. The van der Waals surface area contributed by atoms with Crippen LogP contribution < -0.4 is 16.0 Å². The van der Waals surface area contributed by atoms with Crippen molar-refractivity contribution in [3.63, 3.8) is 0 Å². The van der Waals surface area contributed by atoms with E-state index >= 15 is 0 Å². The van der Waals surface area contributed by atoms with E-state index in [4.69, 9.17) is 22.2 Å². The van der Waals surface area contributed by atoms with Crippen LogP contribution in [-0.4, -0.2) is 35.2 Å². The van der Waals surface area contributed by atoms with Gasteiger partial charge in [-0.25, -0.2) is 10.6 Å². The maximum absolute atomic E-state index is 11.8. The minimum Gasteiger partial charge on any atom is -0.483 e. The summed E-state index contributed by atoms with van der Waals surface area (Å²) in [4.78, 5) is 24.6. The Labute approximate surface area is 155 Å². The van der Waals surface area contributed by atoms with Crippen LogP contribution in [0.25, 0.3) is 0 Å². The third kappa shape index (κ3) is 3.58. The van der Waals surface area contributed by atoms with Crippen LogP contribution >= 0.6 is 11.6 Å². The topological polar surface area (TPSA) is 105 Å². The first-order chi connectivity index (χ1) is 12.5. The van der Waals surface area contributed by atoms with Crippen LogP contribution in [0.15, 0.2) is 42.5 Å². The summed E-state index contributed by atoms with van der Waals surface area (Å²) in [5.74, 6) is 4.96. The number of nitrogens with one attached hydrogen (secondary N) is 1. The molecule has 0 saturated heterocycles. The standard InChI is InChI=1S/C18H18ClN3O4/c19-12-5-6-15(26-10-16(23)21-20)14(9-12)17-13-4-2-1-3-11(13)7-8-22(17)18(24)25/h1-6,9,17H,7-8,10,20H2,(H,21,23)(H,24,25)/t17-/m0/s1. The molecule has 0 spiro atoms. The number of hydrogen-bond acceptors (Lipinski definition) is 4. The second-order valence-electron chi connectivity index (χ2n) is 5.87. The second-order valence-corrected chi connectivity index (χ2v) is 6.30. The zero-order valence-corrected chi connectivity index (χ0v) is 14.6. The molecule has 1 aliphatic heterocycles. The predicted molar refractivity (Wildman–Crippen MR) is 96.0 cm³/mol. The van der Waals surface area contributed by atoms with E-state index in [2.05, 4.69) is 0 Å². The molecule has 2 amide bonds. The molecule has 7 nitrogen and oxygen atoms in total. The third-order valence-electron chi connectivity index (χ3n) is 4.32. The van der Waals surface area contributed by atoms with Gasteiger partial charge < -0.3 is 9.84 Å². The molecule has 2 aromatic carbocycles. The number of hydrazine groups is 1. The number of fused-ring (bicyclic) bond motifs is 1. The van der Waals surface area contributed by atoms with E-state index in [1.807, 2.05) is 29.7 Å². The quantitative estimate of drug-likeness (QED) is 0.432. The van der Waals surface area contributed by atoms with Crippen LogP contribution in [0.5, 0.6) is 5.75 Å². The summed E-state index contributed by atoms with van der Waals surface area (Å²) in [5.41, 5.74) is 4.52. The van der Waals surface area contributed by atoms with Gasteiger partial charge in [0.1, 0.15) is 5.75 Å². The van der Waals surface area contributed by atoms with Crippen LogP contribution in [0.3, 0.4) is 0 Å². The lowest BCUT2D eigenvalue weighted by Gasteiger charge is -2.36. The number of halogens is 1. The van der Waals surface area contributed by atoms with Crippen molar-refractivity contribution in [2.75, 3.05) is 13.2 Å². The van der Waals surface area contributed by atoms with E-state index < -0.39 is 18.0 Å². The van der Waals surface area contributed by atoms with Gasteiger partial charge in [0.15, 0.2) is 6.61 Å². The van der Waals surface area contributed by atoms with Crippen LogP contribution in [0, 0.1) is 0 Å². The Morgan fingerprint density at radius 3 is 2.77 bits per heavy atom. The Morgan fingerprint density at radius 1 is 1.27 bits per heavy atom. The van der Waals surface area contributed by atoms with Gasteiger partial charge in [0.2, 0.25) is 0 Å². The highest BCUT2D eigenvalue weighted by atomic mass is 35.5. The van der Waals surface area contributed by atoms with Gasteiger partial charge in [0.05, 0.1) is 6.04 Å². The highest BCUT2D eigenvalue weighted by Gasteiger charge is 2.33. The molecule has 1 atom stereocenters. The first-order valence-electron chi connectivity index (χ1n) is 8.00. The van der Waals surface area contributed by atoms with Gasteiger partial charge in [-0.2, -0.15) is 0 Å². The van der Waals surface area contributed by atoms with Crippen LogP contribution in [0.1, 0.15) is 22.7 Å². The SMILES string of the molecule is NNC(=O)COc1ccc(Cl)cc1[C@@H]1c2ccccc2CCN1C(=O)O. The van der Waals surface area contributed by atoms with Gasteiger partial charge in [0, 0.05) is 17.1 Å². The van der Waals surface area contributed by atoms with Crippen molar-refractivity contribution in [2.45, 2.75) is 12.5 Å². The largest absolute Gasteiger partial charge is 0.483 e. The van der Waals surface area contributed by atoms with E-state index in [9.17, 15) is 14.7 Å². The minimum atomic E-state index is -1.03. The molecule has 0 fully saturated rings. The first kappa shape index (κ1) is 18.0. The summed E-state index contributed by atoms with van der Waals surface area (Å²) in [6.07, 6.45) is -0.402. The fourth-order valence-electron chi connectivity index (χ4n) is 3.16. The monoisotopic (exact) mass is 375 g/mol. The van der Waals surface area contributed by atoms with Crippen LogP contribution in [0.2, 0.25) is 5.02 Å². The van der Waals surface area contributed by atoms with Crippen molar-refractivity contribution >= 4 is 23.6 Å². The normalized spacial score (nSPS) is 15.9. The Hall–Kier alpha value is -2.77. The summed E-state index contributed by atoms with van der Waals surface area (Å²) < 4.78 is 5.57. The Bertz CT molecular complexity index is 843. The molecule has 3 rings (SSSR count). The fourth-order valence-corrected chi connectivity index (χ4v) is 3.34. The Morgan fingerprint density at radius 2 is 2.04 bits per heavy atom. The first-order valence-corrected chi connectivity index (χ1v) is 8.38. The van der Waals surface area contributed by atoms with Gasteiger partial charge >= 0.3 is 6.09 Å². The number of amides is 2. The lowest BCUT2D eigenvalue weighted by Crippen LogP contribution is -2.40. The van der Waals surface area contributed by atoms with E-state index in [-0.39, 0.29) is 6.61 Å². The molecule has 26 heavy (non-hydrogen) atoms. The zero-order chi connectivity index (χ0) is 18.7. The van der Waals surface area contributed by atoms with Crippen molar-refractivity contribution in [2.24, 2.45) is 5.84 Å². The molecule has 4 N–H and O–H groups in total. The van der Waals surface area contributed by atoms with Crippen molar-refractivity contribution in [1.29, 1.82) is 0 Å². The summed E-state index contributed by atoms with van der Waals surface area (Å²) in [7, 11) is 0. The molecule has 136 valence electrons. The Kier molecular flexibility index (Phi) is 5.29. The molecule has 2 aromatic rings. The van der Waals surface area contributed by atoms with Crippen LogP contribution in [0.4, 0.5) is 4.79 Å². The molecular weight excluding hydrogens is 358 g/mol. The number of benzene rings is 2. The summed E-state index contributed by atoms with van der Waals surface area (Å²) in [6.45, 7) is 0.0683. The number of ether oxygens (including phenoxy) is 1. The van der Waals surface area contributed by atoms with Gasteiger partial charge in [-0.1, -0.05) is 35.9 Å². The summed E-state index contributed by atoms with van der Waals surface area (Å²) in [6, 6.07) is 12.0. The predicted octanol–water partition coefficient (Wildman–Crippen LogP) is 2.33. The smallest absolute Gasteiger partial charge is 0.408 e. The van der Waals surface area contributed by atoms with Gasteiger partial charge in [-0.3, -0.25) is 15.1 Å². The molecule has 0 aromatic heterocycles. The highest BCUT2D eigenvalue weighted by Crippen LogP contribution is 2.40. The number of rotatable bonds is 4. The molecule has 8 heteroatoms. The molecular formula is C18H18ClN3O4. The van der Waals surface area contributed by atoms with E-state index in [0.717, 1.165) is 11.1 Å². The average Bonchev–Trinajstić information content (AvgIpc) is 2.65. The third-order valence-corrected chi connectivity index (χ3v) is 4.55. The number of nitrogens with zero attached hydrogens (tertiary/aromatic N) is 1. The second kappa shape index (κ2) is 7.63. The average molecular weight is 376 g/mol. The molecule has 1 heterocycles. The zero-order valence-electron chi connectivity index (χ0n) is 13.8. The van der Waals surface area contributed by atoms with Crippen LogP contribution in [-0.2, 0) is 11.2 Å². The fraction of sp³-hybridized carbons (Fsp3) is 0.222. The number of carbonyl (C=O) groups excluding carboxylic acids is 1. The lowest BCUT2D eigenvalue weighted by molar-refractivity contribution is -0.123. The maximum Gasteiger partial charge on any atom is 0.408 e. The molecule has 0 unspecified atom stereocenters. The number of hydrogen-bond donors (Lipinski definition) is 3. The number of carboxylic acid groups (broad SMARTS) is 1. The molecule has 0 aliphatic carbocycles. The summed E-state index contributed by atoms with van der Waals surface area (Å²) >= 11 is 6.16. The van der Waals surface area contributed by atoms with E-state index in [0.29, 0.717) is 29.3 Å². The van der Waals surface area contributed by atoms with Gasteiger partial charge in [-0.05, 0) is 35.7 Å². The molecule has 0 bridgehead atoms. The highest BCUT2D eigenvalue weighted by molar-refractivity contribution is 6.30. The Balaban J connectivity index is 2.08. The number of nitrogens with two attached hydrogens (primary N) is 1.